The Hall–Kier alpha value is -3.35. The number of aryl methyl sites for hydroxylation is 1. The molecule has 0 atom stereocenters. The SMILES string of the molecule is COc1ccc(NC(=O)Cn2cnc3c(C)cccc3c2=O)c(OC)c1. The summed E-state index contributed by atoms with van der Waals surface area (Å²) in [4.78, 5) is 29.3. The van der Waals surface area contributed by atoms with Crippen LogP contribution in [0.1, 0.15) is 5.56 Å². The van der Waals surface area contributed by atoms with E-state index in [9.17, 15) is 9.59 Å². The zero-order valence-electron chi connectivity index (χ0n) is 14.8. The van der Waals surface area contributed by atoms with Gasteiger partial charge in [-0.25, -0.2) is 4.98 Å². The van der Waals surface area contributed by atoms with Gasteiger partial charge in [0.25, 0.3) is 5.56 Å². The molecule has 1 aromatic heterocycles. The van der Waals surface area contributed by atoms with E-state index >= 15 is 0 Å². The largest absolute Gasteiger partial charge is 0.497 e. The molecule has 0 aliphatic carbocycles. The van der Waals surface area contributed by atoms with E-state index in [1.165, 1.54) is 18.0 Å². The molecule has 7 heteroatoms. The number of fused-ring (bicyclic) bond motifs is 1. The number of methoxy groups -OCH3 is 2. The lowest BCUT2D eigenvalue weighted by atomic mass is 10.1. The van der Waals surface area contributed by atoms with Crippen LogP contribution in [0.2, 0.25) is 0 Å². The topological polar surface area (TPSA) is 82.5 Å². The van der Waals surface area contributed by atoms with Crippen molar-refractivity contribution in [2.45, 2.75) is 13.5 Å². The summed E-state index contributed by atoms with van der Waals surface area (Å²) in [5.74, 6) is 0.729. The van der Waals surface area contributed by atoms with Gasteiger partial charge in [0.1, 0.15) is 18.0 Å². The van der Waals surface area contributed by atoms with Crippen LogP contribution in [0, 0.1) is 6.92 Å². The van der Waals surface area contributed by atoms with E-state index in [1.54, 1.807) is 37.4 Å². The van der Waals surface area contributed by atoms with Gasteiger partial charge < -0.3 is 14.8 Å². The van der Waals surface area contributed by atoms with E-state index in [0.717, 1.165) is 5.56 Å². The molecular weight excluding hydrogens is 334 g/mol. The minimum Gasteiger partial charge on any atom is -0.497 e. The molecule has 0 saturated heterocycles. The zero-order valence-corrected chi connectivity index (χ0v) is 14.8. The fraction of sp³-hybridized carbons (Fsp3) is 0.211. The van der Waals surface area contributed by atoms with Gasteiger partial charge in [-0.3, -0.25) is 14.2 Å². The summed E-state index contributed by atoms with van der Waals surface area (Å²) in [5.41, 5.74) is 1.80. The summed E-state index contributed by atoms with van der Waals surface area (Å²) < 4.78 is 11.7. The third-order valence-corrected chi connectivity index (χ3v) is 4.05. The van der Waals surface area contributed by atoms with E-state index in [1.807, 2.05) is 13.0 Å². The first-order chi connectivity index (χ1) is 12.5. The number of hydrogen-bond donors (Lipinski definition) is 1. The Morgan fingerprint density at radius 1 is 1.19 bits per heavy atom. The number of nitrogens with zero attached hydrogens (tertiary/aromatic N) is 2. The summed E-state index contributed by atoms with van der Waals surface area (Å²) in [5, 5.41) is 3.23. The highest BCUT2D eigenvalue weighted by atomic mass is 16.5. The molecule has 0 aliphatic heterocycles. The smallest absolute Gasteiger partial charge is 0.261 e. The predicted octanol–water partition coefficient (Wildman–Crippen LogP) is 2.36. The van der Waals surface area contributed by atoms with Crippen LogP contribution in [0.25, 0.3) is 10.9 Å². The molecular formula is C19H19N3O4. The number of anilines is 1. The Morgan fingerprint density at radius 3 is 2.73 bits per heavy atom. The van der Waals surface area contributed by atoms with Crippen molar-refractivity contribution in [3.8, 4) is 11.5 Å². The van der Waals surface area contributed by atoms with Gasteiger partial charge in [-0.05, 0) is 30.7 Å². The van der Waals surface area contributed by atoms with Crippen LogP contribution in [0.4, 0.5) is 5.69 Å². The van der Waals surface area contributed by atoms with Crippen LogP contribution >= 0.6 is 0 Å². The van der Waals surface area contributed by atoms with Crippen molar-refractivity contribution in [2.75, 3.05) is 19.5 Å². The molecule has 0 fully saturated rings. The second-order valence-corrected chi connectivity index (χ2v) is 5.76. The molecule has 3 rings (SSSR count). The quantitative estimate of drug-likeness (QED) is 0.761. The van der Waals surface area contributed by atoms with Crippen molar-refractivity contribution >= 4 is 22.5 Å². The summed E-state index contributed by atoms with van der Waals surface area (Å²) in [6, 6.07) is 10.5. The summed E-state index contributed by atoms with van der Waals surface area (Å²) in [6.07, 6.45) is 1.39. The minimum absolute atomic E-state index is 0.148. The van der Waals surface area contributed by atoms with Crippen molar-refractivity contribution in [1.82, 2.24) is 9.55 Å². The van der Waals surface area contributed by atoms with Gasteiger partial charge in [0.05, 0.1) is 37.1 Å². The Morgan fingerprint density at radius 2 is 2.00 bits per heavy atom. The first-order valence-electron chi connectivity index (χ1n) is 8.00. The van der Waals surface area contributed by atoms with Crippen LogP contribution in [0.15, 0.2) is 47.5 Å². The third kappa shape index (κ3) is 3.37. The molecule has 0 saturated carbocycles. The van der Waals surface area contributed by atoms with E-state index in [2.05, 4.69) is 10.3 Å². The van der Waals surface area contributed by atoms with Crippen molar-refractivity contribution < 1.29 is 14.3 Å². The first kappa shape index (κ1) is 17.5. The van der Waals surface area contributed by atoms with Crippen molar-refractivity contribution in [2.24, 2.45) is 0 Å². The Bertz CT molecular complexity index is 1030. The second kappa shape index (κ2) is 7.26. The summed E-state index contributed by atoms with van der Waals surface area (Å²) in [6.45, 7) is 1.74. The molecule has 1 heterocycles. The molecule has 2 aromatic carbocycles. The maximum absolute atomic E-state index is 12.6. The van der Waals surface area contributed by atoms with Gasteiger partial charge in [-0.2, -0.15) is 0 Å². The Labute approximate surface area is 150 Å². The van der Waals surface area contributed by atoms with Crippen LogP contribution in [0.3, 0.4) is 0 Å². The molecule has 3 aromatic rings. The number of amides is 1. The number of nitrogens with one attached hydrogen (secondary N) is 1. The number of benzene rings is 2. The fourth-order valence-electron chi connectivity index (χ4n) is 2.70. The molecule has 134 valence electrons. The number of rotatable bonds is 5. The van der Waals surface area contributed by atoms with E-state index < -0.39 is 0 Å². The highest BCUT2D eigenvalue weighted by Gasteiger charge is 2.12. The molecule has 26 heavy (non-hydrogen) atoms. The minimum atomic E-state index is -0.357. The first-order valence-corrected chi connectivity index (χ1v) is 8.00. The Kier molecular flexibility index (Phi) is 4.88. The molecule has 0 radical (unpaired) electrons. The van der Waals surface area contributed by atoms with Crippen LogP contribution in [-0.2, 0) is 11.3 Å². The Balaban J connectivity index is 1.84. The van der Waals surface area contributed by atoms with Crippen molar-refractivity contribution in [1.29, 1.82) is 0 Å². The second-order valence-electron chi connectivity index (χ2n) is 5.76. The number of ether oxygens (including phenoxy) is 2. The standard InChI is InChI=1S/C19H19N3O4/c1-12-5-4-6-14-18(12)20-11-22(19(14)24)10-17(23)21-15-8-7-13(25-2)9-16(15)26-3/h4-9,11H,10H2,1-3H3,(H,21,23). The number of hydrogen-bond acceptors (Lipinski definition) is 5. The molecule has 1 N–H and O–H groups in total. The highest BCUT2D eigenvalue weighted by Crippen LogP contribution is 2.28. The third-order valence-electron chi connectivity index (χ3n) is 4.05. The lowest BCUT2D eigenvalue weighted by Gasteiger charge is -2.12. The van der Waals surface area contributed by atoms with E-state index in [-0.39, 0.29) is 18.0 Å². The maximum Gasteiger partial charge on any atom is 0.261 e. The summed E-state index contributed by atoms with van der Waals surface area (Å²) in [7, 11) is 3.05. The van der Waals surface area contributed by atoms with Crippen molar-refractivity contribution in [3.63, 3.8) is 0 Å². The van der Waals surface area contributed by atoms with Gasteiger partial charge in [0.15, 0.2) is 0 Å². The van der Waals surface area contributed by atoms with E-state index in [4.69, 9.17) is 9.47 Å². The van der Waals surface area contributed by atoms with Gasteiger partial charge in [-0.15, -0.1) is 0 Å². The molecule has 0 unspecified atom stereocenters. The predicted molar refractivity (Wildman–Crippen MR) is 98.9 cm³/mol. The van der Waals surface area contributed by atoms with Gasteiger partial charge in [0, 0.05) is 6.07 Å². The molecule has 0 bridgehead atoms. The molecule has 7 nitrogen and oxygen atoms in total. The maximum atomic E-state index is 12.6. The van der Waals surface area contributed by atoms with Gasteiger partial charge in [-0.1, -0.05) is 12.1 Å². The summed E-state index contributed by atoms with van der Waals surface area (Å²) >= 11 is 0. The highest BCUT2D eigenvalue weighted by molar-refractivity contribution is 5.92. The lowest BCUT2D eigenvalue weighted by molar-refractivity contribution is -0.116. The average molecular weight is 353 g/mol. The lowest BCUT2D eigenvalue weighted by Crippen LogP contribution is -2.28. The number of carbonyl (C=O) groups is 1. The molecule has 0 spiro atoms. The fourth-order valence-corrected chi connectivity index (χ4v) is 2.70. The van der Waals surface area contributed by atoms with Gasteiger partial charge >= 0.3 is 0 Å². The van der Waals surface area contributed by atoms with E-state index in [0.29, 0.717) is 28.1 Å². The van der Waals surface area contributed by atoms with Crippen LogP contribution in [0.5, 0.6) is 11.5 Å². The van der Waals surface area contributed by atoms with Crippen LogP contribution in [-0.4, -0.2) is 29.7 Å². The molecule has 0 aliphatic rings. The normalized spacial score (nSPS) is 10.6. The average Bonchev–Trinajstić information content (AvgIpc) is 2.65. The number of aromatic nitrogens is 2. The zero-order chi connectivity index (χ0) is 18.7. The number of para-hydroxylation sites is 1. The monoisotopic (exact) mass is 353 g/mol. The number of carbonyl (C=O) groups excluding carboxylic acids is 1. The van der Waals surface area contributed by atoms with Crippen LogP contribution < -0.4 is 20.3 Å². The van der Waals surface area contributed by atoms with Gasteiger partial charge in [0.2, 0.25) is 5.91 Å². The molecule has 1 amide bonds. The van der Waals surface area contributed by atoms with Crippen molar-refractivity contribution in [3.05, 3.63) is 58.6 Å².